The highest BCUT2D eigenvalue weighted by molar-refractivity contribution is 5.93. The van der Waals surface area contributed by atoms with Crippen molar-refractivity contribution in [1.29, 1.82) is 0 Å². The van der Waals surface area contributed by atoms with Crippen molar-refractivity contribution >= 4 is 68.1 Å². The van der Waals surface area contributed by atoms with Crippen LogP contribution in [0.1, 0.15) is 87.8 Å². The van der Waals surface area contributed by atoms with Crippen LogP contribution in [-0.2, 0) is 16.2 Å². The van der Waals surface area contributed by atoms with Crippen LogP contribution in [0.4, 0.5) is 62.6 Å². The largest absolute Gasteiger partial charge is 0.314 e. The smallest absolute Gasteiger partial charge is 0.0465 e. The average molecular weight is 1100 g/mol. The Hall–Kier alpha value is -9.90. The minimum absolute atomic E-state index is 0.254. The molecule has 412 valence electrons. The monoisotopic (exact) mass is 1100 g/mol. The van der Waals surface area contributed by atoms with Crippen LogP contribution in [0.15, 0.2) is 290 Å². The van der Waals surface area contributed by atoms with Gasteiger partial charge in [0.1, 0.15) is 0 Å². The zero-order valence-corrected chi connectivity index (χ0v) is 49.3. The van der Waals surface area contributed by atoms with E-state index in [2.05, 4.69) is 340 Å². The molecule has 0 amide bonds. The molecule has 4 nitrogen and oxygen atoms in total. The van der Waals surface area contributed by atoms with Crippen LogP contribution in [0, 0.1) is 0 Å². The molecule has 0 radical (unpaired) electrons. The zero-order chi connectivity index (χ0) is 57.6. The molecule has 0 fully saturated rings. The molecule has 0 atom stereocenters. The minimum atomic E-state index is -0.297. The van der Waals surface area contributed by atoms with Gasteiger partial charge in [-0.05, 0) is 219 Å². The molecule has 0 saturated carbocycles. The highest BCUT2D eigenvalue weighted by Gasteiger charge is 2.42. The van der Waals surface area contributed by atoms with Gasteiger partial charge in [0.25, 0.3) is 0 Å². The van der Waals surface area contributed by atoms with Crippen molar-refractivity contribution in [3.05, 3.63) is 324 Å². The maximum absolute atomic E-state index is 2.55. The quantitative estimate of drug-likeness (QED) is 0.121. The van der Waals surface area contributed by atoms with Gasteiger partial charge in [-0.1, -0.05) is 181 Å². The van der Waals surface area contributed by atoms with E-state index < -0.39 is 0 Å². The summed E-state index contributed by atoms with van der Waals surface area (Å²) in [7, 11) is 0. The van der Waals surface area contributed by atoms with Crippen LogP contribution in [-0.4, -0.2) is 0 Å². The van der Waals surface area contributed by atoms with Crippen LogP contribution in [0.25, 0.3) is 27.8 Å². The van der Waals surface area contributed by atoms with Gasteiger partial charge in [-0.25, -0.2) is 0 Å². The second-order valence-electron chi connectivity index (χ2n) is 24.9. The summed E-state index contributed by atoms with van der Waals surface area (Å²) in [4.78, 5) is 9.77. The molecule has 0 saturated heterocycles. The van der Waals surface area contributed by atoms with E-state index >= 15 is 0 Å². The molecular weight excluding hydrogens is 1030 g/mol. The van der Waals surface area contributed by atoms with E-state index in [0.717, 1.165) is 64.0 Å². The number of allylic oxidation sites excluding steroid dienone is 4. The van der Waals surface area contributed by atoms with Crippen LogP contribution in [0.5, 0.6) is 0 Å². The van der Waals surface area contributed by atoms with Gasteiger partial charge in [0, 0.05) is 84.5 Å². The van der Waals surface area contributed by atoms with E-state index in [1.165, 1.54) is 83.9 Å². The van der Waals surface area contributed by atoms with Gasteiger partial charge >= 0.3 is 0 Å². The van der Waals surface area contributed by atoms with Gasteiger partial charge in [-0.2, -0.15) is 0 Å². The van der Waals surface area contributed by atoms with Gasteiger partial charge in [-0.3, -0.25) is 0 Å². The molecule has 4 aliphatic carbocycles. The van der Waals surface area contributed by atoms with Crippen LogP contribution >= 0.6 is 0 Å². The first kappa shape index (κ1) is 51.9. The molecule has 0 N–H and O–H groups in total. The van der Waals surface area contributed by atoms with Crippen molar-refractivity contribution in [3.8, 4) is 22.3 Å². The predicted octanol–water partition coefficient (Wildman–Crippen LogP) is 22.3. The number of hydrogen-bond donors (Lipinski definition) is 0. The van der Waals surface area contributed by atoms with E-state index in [1.807, 2.05) is 0 Å². The Labute approximate surface area is 501 Å². The van der Waals surface area contributed by atoms with Gasteiger partial charge in [0.05, 0.1) is 0 Å². The molecule has 0 heterocycles. The van der Waals surface area contributed by atoms with Gasteiger partial charge in [-0.15, -0.1) is 0 Å². The lowest BCUT2D eigenvalue weighted by Crippen LogP contribution is -2.22. The van der Waals surface area contributed by atoms with E-state index in [0.29, 0.717) is 0 Å². The molecule has 0 aromatic heterocycles. The minimum Gasteiger partial charge on any atom is -0.314 e. The van der Waals surface area contributed by atoms with Crippen LogP contribution in [0.2, 0.25) is 0 Å². The number of para-hydroxylation sites is 6. The van der Waals surface area contributed by atoms with Crippen LogP contribution in [0.3, 0.4) is 0 Å². The maximum atomic E-state index is 2.55. The summed E-state index contributed by atoms with van der Waals surface area (Å²) in [5, 5.41) is 0. The van der Waals surface area contributed by atoms with Gasteiger partial charge < -0.3 is 19.6 Å². The third-order valence-electron chi connectivity index (χ3n) is 18.9. The summed E-state index contributed by atoms with van der Waals surface area (Å²) >= 11 is 0. The molecule has 11 aromatic rings. The first-order chi connectivity index (χ1) is 41.4. The van der Waals surface area contributed by atoms with Crippen LogP contribution < -0.4 is 19.6 Å². The number of rotatable bonds is 12. The van der Waals surface area contributed by atoms with E-state index in [-0.39, 0.29) is 16.2 Å². The standard InChI is InChI=1S/C81H68N4/c1-79(2)73-49-61(82(55-25-13-7-14-26-55)56-27-15-8-16-28-56)37-43-67(73)70-46-40-64(52-76(70)79)85(65-41-47-71-68-44-38-62(50-74(68)80(3,4)77(71)53-65)83(57-29-17-9-18-30-57)58-31-19-10-20-32-58)66-42-48-72-69-45-39-63(51-75(69)81(5,6)78(72)54-66)84(59-33-21-11-22-34-59)60-35-23-12-24-36-60/h7-38,40-44,46-54H,39,45H2,1-6H3. The fourth-order valence-electron chi connectivity index (χ4n) is 14.6. The summed E-state index contributed by atoms with van der Waals surface area (Å²) < 4.78 is 0. The lowest BCUT2D eigenvalue weighted by atomic mass is 9.79. The van der Waals surface area contributed by atoms with Crippen molar-refractivity contribution in [2.75, 3.05) is 19.6 Å². The Morgan fingerprint density at radius 1 is 0.235 bits per heavy atom. The van der Waals surface area contributed by atoms with E-state index in [4.69, 9.17) is 0 Å². The molecule has 11 aromatic carbocycles. The Kier molecular flexibility index (Phi) is 12.3. The van der Waals surface area contributed by atoms with Crippen molar-refractivity contribution in [2.24, 2.45) is 0 Å². The normalized spacial score (nSPS) is 15.2. The zero-order valence-electron chi connectivity index (χ0n) is 49.3. The number of nitrogens with zero attached hydrogens (tertiary/aromatic N) is 4. The second-order valence-corrected chi connectivity index (χ2v) is 24.9. The van der Waals surface area contributed by atoms with E-state index in [9.17, 15) is 0 Å². The molecule has 0 unspecified atom stereocenters. The summed E-state index contributed by atoms with van der Waals surface area (Å²) in [6.45, 7) is 14.5. The molecule has 4 aliphatic rings. The first-order valence-corrected chi connectivity index (χ1v) is 30.1. The lowest BCUT2D eigenvalue weighted by Gasteiger charge is -2.33. The second kappa shape index (κ2) is 20.2. The van der Waals surface area contributed by atoms with Crippen molar-refractivity contribution in [2.45, 2.75) is 70.6 Å². The number of fused-ring (bicyclic) bond motifs is 8. The highest BCUT2D eigenvalue weighted by atomic mass is 15.2. The molecule has 15 rings (SSSR count). The Balaban J connectivity index is 0.849. The Morgan fingerprint density at radius 2 is 0.482 bits per heavy atom. The molecule has 0 spiro atoms. The topological polar surface area (TPSA) is 13.0 Å². The SMILES string of the molecule is CC1(C)C2=C(CCC(N(c3ccccc3)c3ccccc3)=C2)c2ccc(N(c3ccc4c(c3)C(C)(C)c3cc(N(c5ccccc5)c5ccccc5)ccc3-4)c3ccc4c(c3)C(C)(C)c3cc(N(c5ccccc5)c5ccccc5)ccc3-4)cc21. The fraction of sp³-hybridized carbons (Fsp3) is 0.136. The van der Waals surface area contributed by atoms with Crippen molar-refractivity contribution in [3.63, 3.8) is 0 Å². The third kappa shape index (κ3) is 8.56. The number of hydrogen-bond acceptors (Lipinski definition) is 4. The summed E-state index contributed by atoms with van der Waals surface area (Å²) in [5.41, 5.74) is 29.2. The highest BCUT2D eigenvalue weighted by Crippen LogP contribution is 2.57. The lowest BCUT2D eigenvalue weighted by molar-refractivity contribution is 0.648. The average Bonchev–Trinajstić information content (AvgIpc) is 1.77. The summed E-state index contributed by atoms with van der Waals surface area (Å²) in [6.07, 6.45) is 4.44. The molecular formula is C81H68N4. The summed E-state index contributed by atoms with van der Waals surface area (Å²) in [6, 6.07) is 101. The van der Waals surface area contributed by atoms with Crippen molar-refractivity contribution < 1.29 is 0 Å². The molecule has 4 heteroatoms. The van der Waals surface area contributed by atoms with Gasteiger partial charge in [0.2, 0.25) is 0 Å². The third-order valence-corrected chi connectivity index (χ3v) is 18.9. The first-order valence-electron chi connectivity index (χ1n) is 30.1. The fourth-order valence-corrected chi connectivity index (χ4v) is 14.6. The summed E-state index contributed by atoms with van der Waals surface area (Å²) in [5.74, 6) is 0. The molecule has 0 bridgehead atoms. The number of benzene rings is 11. The van der Waals surface area contributed by atoms with Gasteiger partial charge in [0.15, 0.2) is 0 Å². The number of anilines is 11. The Morgan fingerprint density at radius 3 is 0.776 bits per heavy atom. The Bertz CT molecular complexity index is 4120. The maximum Gasteiger partial charge on any atom is 0.0465 e. The van der Waals surface area contributed by atoms with Crippen molar-refractivity contribution in [1.82, 2.24) is 0 Å². The van der Waals surface area contributed by atoms with E-state index in [1.54, 1.807) is 0 Å². The molecule has 0 aliphatic heterocycles. The predicted molar refractivity (Wildman–Crippen MR) is 358 cm³/mol. The molecule has 85 heavy (non-hydrogen) atoms.